The van der Waals surface area contributed by atoms with E-state index >= 15 is 0 Å². The highest BCUT2D eigenvalue weighted by molar-refractivity contribution is 7.47. The number of nitrogens with zero attached hydrogens (tertiary/aromatic N) is 1. The molecule has 1 fully saturated rings. The van der Waals surface area contributed by atoms with E-state index < -0.39 is 57.1 Å². The third-order valence-corrected chi connectivity index (χ3v) is 12.4. The Morgan fingerprint density at radius 3 is 1.89 bits per heavy atom. The van der Waals surface area contributed by atoms with Gasteiger partial charge in [-0.3, -0.25) is 18.6 Å². The van der Waals surface area contributed by atoms with Crippen molar-refractivity contribution in [2.45, 2.75) is 218 Å². The number of hydrogen-bond acceptors (Lipinski definition) is 11. The molecule has 13 nitrogen and oxygen atoms in total. The third kappa shape index (κ3) is 35.3. The second kappa shape index (κ2) is 38.1. The topological polar surface area (TPSA) is 178 Å². The van der Waals surface area contributed by atoms with Gasteiger partial charge < -0.3 is 38.9 Å². The van der Waals surface area contributed by atoms with Crippen molar-refractivity contribution in [3.63, 3.8) is 0 Å². The van der Waals surface area contributed by atoms with Crippen molar-refractivity contribution in [2.75, 3.05) is 47.5 Å². The summed E-state index contributed by atoms with van der Waals surface area (Å²) in [6.07, 6.45) is 33.8. The first-order valence-electron chi connectivity index (χ1n) is 25.1. The summed E-state index contributed by atoms with van der Waals surface area (Å²) in [6, 6.07) is 0. The second-order valence-electron chi connectivity index (χ2n) is 18.7. The molecule has 2 unspecified atom stereocenters. The molecule has 14 heteroatoms. The van der Waals surface area contributed by atoms with Gasteiger partial charge in [-0.15, -0.1) is 0 Å². The molecule has 7 atom stereocenters. The van der Waals surface area contributed by atoms with Crippen molar-refractivity contribution in [3.05, 3.63) is 36.5 Å². The number of ether oxygens (including phenoxy) is 3. The molecule has 1 aliphatic rings. The van der Waals surface area contributed by atoms with Crippen LogP contribution in [0.25, 0.3) is 0 Å². The SMILES string of the molecule is CCCCCCCC/C=C\CCCCCCCCCCCC(=O)O[C@H](COC(=O)CCC/C=C\C[C@H]1[C@@H](O)CC(O)O[C@@H]1/C=C/[C@@H](O)CCCCC)COP(=O)(O)OCC[N+](C)(C)C. The molecule has 0 saturated carbocycles. The van der Waals surface area contributed by atoms with E-state index in [9.17, 15) is 34.4 Å². The fourth-order valence-corrected chi connectivity index (χ4v) is 8.14. The lowest BCUT2D eigenvalue weighted by molar-refractivity contribution is -0.870. The number of likely N-dealkylation sites (N-methyl/N-ethyl adjacent to an activating group) is 1. The van der Waals surface area contributed by atoms with E-state index in [2.05, 4.69) is 26.0 Å². The molecule has 0 amide bonds. The zero-order valence-electron chi connectivity index (χ0n) is 40.8. The number of aliphatic hydroxyl groups is 3. The lowest BCUT2D eigenvalue weighted by atomic mass is 9.87. The highest BCUT2D eigenvalue weighted by Crippen LogP contribution is 2.43. The molecule has 1 aliphatic heterocycles. The monoisotopic (exact) mass is 931 g/mol. The number of aliphatic hydroxyl groups excluding tert-OH is 3. The normalized spacial score (nSPS) is 20.3. The number of phosphoric ester groups is 1. The number of carbonyl (C=O) groups is 2. The molecule has 1 heterocycles. The number of unbranched alkanes of at least 4 members (excludes halogenated alkanes) is 18. The molecule has 0 aliphatic carbocycles. The van der Waals surface area contributed by atoms with Crippen LogP contribution in [0, 0.1) is 5.92 Å². The standard InChI is InChI=1S/C50H92NO12P/c1-6-8-10-11-12-13-14-15-16-17-18-19-20-21-22-23-24-25-31-35-49(55)62-44(42-61-64(57,58)60-39-38-51(3,4)5)41-59-48(54)34-30-27-26-29-33-45-46(53)40-50(56)63-47(45)37-36-43(52)32-28-9-7-2/h15-16,26,29,36-37,43-47,50,52-53,56H,6-14,17-25,27-28,30-35,38-42H2,1-5H3/p+1/b16-15-,29-26-,37-36+/t43-,44+,45-,46-,47+,50?/m0/s1. The minimum atomic E-state index is -4.45. The van der Waals surface area contributed by atoms with Crippen LogP contribution in [-0.2, 0) is 37.4 Å². The number of allylic oxidation sites excluding steroid dienone is 4. The lowest BCUT2D eigenvalue weighted by Gasteiger charge is -2.36. The van der Waals surface area contributed by atoms with Crippen molar-refractivity contribution in [1.82, 2.24) is 0 Å². The smallest absolute Gasteiger partial charge is 0.462 e. The summed E-state index contributed by atoms with van der Waals surface area (Å²) in [5.74, 6) is -1.30. The fourth-order valence-electron chi connectivity index (χ4n) is 7.40. The Kier molecular flexibility index (Phi) is 35.8. The van der Waals surface area contributed by atoms with Crippen LogP contribution in [0.15, 0.2) is 36.5 Å². The molecular formula is C50H93NO12P+. The minimum Gasteiger partial charge on any atom is -0.462 e. The summed E-state index contributed by atoms with van der Waals surface area (Å²) < 4.78 is 40.0. The zero-order chi connectivity index (χ0) is 47.3. The van der Waals surface area contributed by atoms with Gasteiger partial charge in [0.15, 0.2) is 12.4 Å². The number of rotatable bonds is 41. The average molecular weight is 931 g/mol. The molecule has 374 valence electrons. The van der Waals surface area contributed by atoms with Gasteiger partial charge >= 0.3 is 19.8 Å². The van der Waals surface area contributed by atoms with Gasteiger partial charge in [-0.1, -0.05) is 147 Å². The summed E-state index contributed by atoms with van der Waals surface area (Å²) in [5.41, 5.74) is 0. The molecule has 64 heavy (non-hydrogen) atoms. The van der Waals surface area contributed by atoms with Gasteiger partial charge in [0.1, 0.15) is 19.8 Å². The molecular weight excluding hydrogens is 838 g/mol. The van der Waals surface area contributed by atoms with Crippen molar-refractivity contribution >= 4 is 19.8 Å². The van der Waals surface area contributed by atoms with E-state index in [1.165, 1.54) is 83.5 Å². The maximum absolute atomic E-state index is 12.8. The van der Waals surface area contributed by atoms with E-state index in [1.54, 1.807) is 12.2 Å². The van der Waals surface area contributed by atoms with Gasteiger partial charge in [0, 0.05) is 25.2 Å². The van der Waals surface area contributed by atoms with Crippen LogP contribution in [-0.4, -0.2) is 115 Å². The Morgan fingerprint density at radius 1 is 0.719 bits per heavy atom. The van der Waals surface area contributed by atoms with Crippen LogP contribution >= 0.6 is 7.82 Å². The lowest BCUT2D eigenvalue weighted by Crippen LogP contribution is -2.43. The first-order valence-corrected chi connectivity index (χ1v) is 26.6. The number of esters is 2. The van der Waals surface area contributed by atoms with Gasteiger partial charge in [-0.05, 0) is 57.8 Å². The van der Waals surface area contributed by atoms with Crippen LogP contribution in [0.2, 0.25) is 0 Å². The maximum Gasteiger partial charge on any atom is 0.472 e. The molecule has 0 aromatic heterocycles. The first-order chi connectivity index (χ1) is 30.7. The van der Waals surface area contributed by atoms with Crippen molar-refractivity contribution in [2.24, 2.45) is 5.92 Å². The van der Waals surface area contributed by atoms with Gasteiger partial charge in [0.25, 0.3) is 0 Å². The molecule has 1 saturated heterocycles. The van der Waals surface area contributed by atoms with Gasteiger partial charge in [0.2, 0.25) is 0 Å². The Labute approximate surface area is 388 Å². The maximum atomic E-state index is 12.8. The first kappa shape index (κ1) is 60.1. The van der Waals surface area contributed by atoms with Crippen molar-refractivity contribution in [1.29, 1.82) is 0 Å². The summed E-state index contributed by atoms with van der Waals surface area (Å²) in [4.78, 5) is 35.7. The minimum absolute atomic E-state index is 0.0126. The van der Waals surface area contributed by atoms with Crippen molar-refractivity contribution in [3.8, 4) is 0 Å². The number of quaternary nitrogens is 1. The second-order valence-corrected chi connectivity index (χ2v) is 20.2. The summed E-state index contributed by atoms with van der Waals surface area (Å²) in [6.45, 7) is 4.01. The van der Waals surface area contributed by atoms with Gasteiger partial charge in [0.05, 0.1) is 46.1 Å². The number of carbonyl (C=O) groups excluding carboxylic acids is 2. The fraction of sp³-hybridized carbons (Fsp3) is 0.840. The molecule has 0 radical (unpaired) electrons. The van der Waals surface area contributed by atoms with E-state index in [0.29, 0.717) is 43.1 Å². The number of phosphoric acid groups is 1. The Bertz CT molecular complexity index is 1300. The van der Waals surface area contributed by atoms with E-state index in [1.807, 2.05) is 33.3 Å². The average Bonchev–Trinajstić information content (AvgIpc) is 3.23. The molecule has 0 spiro atoms. The summed E-state index contributed by atoms with van der Waals surface area (Å²) in [5, 5.41) is 31.0. The van der Waals surface area contributed by atoms with Crippen LogP contribution in [0.3, 0.4) is 0 Å². The van der Waals surface area contributed by atoms with E-state index in [-0.39, 0.29) is 38.4 Å². The highest BCUT2D eigenvalue weighted by Gasteiger charge is 2.35. The van der Waals surface area contributed by atoms with Gasteiger partial charge in [-0.25, -0.2) is 4.57 Å². The summed E-state index contributed by atoms with van der Waals surface area (Å²) >= 11 is 0. The molecule has 4 N–H and O–H groups in total. The third-order valence-electron chi connectivity index (χ3n) is 11.4. The van der Waals surface area contributed by atoms with Crippen LogP contribution in [0.1, 0.15) is 187 Å². The quantitative estimate of drug-likeness (QED) is 0.0150. The van der Waals surface area contributed by atoms with Crippen LogP contribution in [0.4, 0.5) is 0 Å². The molecule has 0 aromatic rings. The van der Waals surface area contributed by atoms with Crippen molar-refractivity contribution < 1.29 is 62.1 Å². The van der Waals surface area contributed by atoms with E-state index in [0.717, 1.165) is 38.5 Å². The predicted octanol–water partition coefficient (Wildman–Crippen LogP) is 10.6. The van der Waals surface area contributed by atoms with Crippen LogP contribution in [0.5, 0.6) is 0 Å². The summed E-state index contributed by atoms with van der Waals surface area (Å²) in [7, 11) is 1.33. The zero-order valence-corrected chi connectivity index (χ0v) is 41.7. The molecule has 0 aromatic carbocycles. The Hall–Kier alpha value is -1.93. The predicted molar refractivity (Wildman–Crippen MR) is 255 cm³/mol. The Morgan fingerprint density at radius 2 is 1.27 bits per heavy atom. The Balaban J connectivity index is 2.45. The largest absolute Gasteiger partial charge is 0.472 e. The van der Waals surface area contributed by atoms with Gasteiger partial charge in [-0.2, -0.15) is 0 Å². The number of hydrogen-bond donors (Lipinski definition) is 4. The van der Waals surface area contributed by atoms with Crippen LogP contribution < -0.4 is 0 Å². The van der Waals surface area contributed by atoms with E-state index in [4.69, 9.17) is 23.3 Å². The highest BCUT2D eigenvalue weighted by atomic mass is 31.2. The molecule has 0 bridgehead atoms. The molecule has 1 rings (SSSR count).